The number of hydrogen-bond acceptors (Lipinski definition) is 2. The lowest BCUT2D eigenvalue weighted by Gasteiger charge is -2.31. The van der Waals surface area contributed by atoms with Crippen molar-refractivity contribution in [3.63, 3.8) is 0 Å². The van der Waals surface area contributed by atoms with Crippen molar-refractivity contribution in [2.45, 2.75) is 25.3 Å². The van der Waals surface area contributed by atoms with Crippen LogP contribution in [0.1, 0.15) is 29.4 Å². The lowest BCUT2D eigenvalue weighted by atomic mass is 9.80. The van der Waals surface area contributed by atoms with Crippen LogP contribution < -0.4 is 5.32 Å². The van der Waals surface area contributed by atoms with E-state index in [1.807, 2.05) is 19.4 Å². The van der Waals surface area contributed by atoms with Crippen LogP contribution in [0.4, 0.5) is 0 Å². The zero-order valence-electron chi connectivity index (χ0n) is 11.6. The topological polar surface area (TPSA) is 29.9 Å². The minimum absolute atomic E-state index is 0.341. The Balaban J connectivity index is 1.85. The SMILES string of the molecule is CNC(c1nccn1C)C1CCc2ccccc2C1. The van der Waals surface area contributed by atoms with E-state index < -0.39 is 0 Å². The Kier molecular flexibility index (Phi) is 3.38. The molecule has 2 atom stereocenters. The number of aromatic nitrogens is 2. The van der Waals surface area contributed by atoms with Crippen molar-refractivity contribution in [2.75, 3.05) is 7.05 Å². The van der Waals surface area contributed by atoms with Crippen molar-refractivity contribution in [3.8, 4) is 0 Å². The van der Waals surface area contributed by atoms with Crippen LogP contribution >= 0.6 is 0 Å². The molecule has 0 amide bonds. The van der Waals surface area contributed by atoms with Crippen molar-refractivity contribution < 1.29 is 0 Å². The maximum atomic E-state index is 4.52. The van der Waals surface area contributed by atoms with Gasteiger partial charge in [-0.1, -0.05) is 24.3 Å². The molecule has 1 aliphatic carbocycles. The van der Waals surface area contributed by atoms with E-state index in [4.69, 9.17) is 0 Å². The Hall–Kier alpha value is -1.61. The van der Waals surface area contributed by atoms with Gasteiger partial charge in [0.15, 0.2) is 0 Å². The molecule has 3 rings (SSSR count). The quantitative estimate of drug-likeness (QED) is 0.913. The number of aryl methyl sites for hydroxylation is 2. The van der Waals surface area contributed by atoms with Crippen molar-refractivity contribution >= 4 is 0 Å². The van der Waals surface area contributed by atoms with Gasteiger partial charge < -0.3 is 9.88 Å². The Morgan fingerprint density at radius 1 is 1.32 bits per heavy atom. The molecule has 2 aromatic rings. The largest absolute Gasteiger partial charge is 0.337 e. The van der Waals surface area contributed by atoms with Crippen molar-refractivity contribution in [1.82, 2.24) is 14.9 Å². The summed E-state index contributed by atoms with van der Waals surface area (Å²) in [6, 6.07) is 9.17. The first kappa shape index (κ1) is 12.4. The predicted molar refractivity (Wildman–Crippen MR) is 77.0 cm³/mol. The van der Waals surface area contributed by atoms with Gasteiger partial charge in [0.05, 0.1) is 6.04 Å². The number of rotatable bonds is 3. The minimum Gasteiger partial charge on any atom is -0.337 e. The number of imidazole rings is 1. The zero-order valence-corrected chi connectivity index (χ0v) is 11.6. The van der Waals surface area contributed by atoms with Crippen LogP contribution in [0.15, 0.2) is 36.7 Å². The molecule has 1 N–H and O–H groups in total. The molecule has 0 saturated heterocycles. The number of nitrogens with one attached hydrogen (secondary N) is 1. The lowest BCUT2D eigenvalue weighted by Crippen LogP contribution is -2.31. The second kappa shape index (κ2) is 5.17. The fraction of sp³-hybridized carbons (Fsp3) is 0.438. The van der Waals surface area contributed by atoms with Crippen LogP contribution in [-0.2, 0) is 19.9 Å². The summed E-state index contributed by atoms with van der Waals surface area (Å²) >= 11 is 0. The fourth-order valence-corrected chi connectivity index (χ4v) is 3.26. The molecule has 0 saturated carbocycles. The molecule has 0 aliphatic heterocycles. The van der Waals surface area contributed by atoms with E-state index in [1.54, 1.807) is 0 Å². The van der Waals surface area contributed by atoms with Gasteiger partial charge in [0.1, 0.15) is 5.82 Å². The molecule has 0 fully saturated rings. The minimum atomic E-state index is 0.341. The average molecular weight is 255 g/mol. The predicted octanol–water partition coefficient (Wildman–Crippen LogP) is 2.49. The van der Waals surface area contributed by atoms with E-state index in [1.165, 1.54) is 24.0 Å². The second-order valence-electron chi connectivity index (χ2n) is 5.43. The van der Waals surface area contributed by atoms with E-state index in [9.17, 15) is 0 Å². The molecule has 3 nitrogen and oxygen atoms in total. The van der Waals surface area contributed by atoms with Gasteiger partial charge in [0, 0.05) is 19.4 Å². The van der Waals surface area contributed by atoms with Gasteiger partial charge in [-0.2, -0.15) is 0 Å². The van der Waals surface area contributed by atoms with Gasteiger partial charge in [0.25, 0.3) is 0 Å². The van der Waals surface area contributed by atoms with Crippen molar-refractivity contribution in [1.29, 1.82) is 0 Å². The molecule has 2 unspecified atom stereocenters. The van der Waals surface area contributed by atoms with Crippen LogP contribution in [0.5, 0.6) is 0 Å². The molecule has 1 aliphatic rings. The highest BCUT2D eigenvalue weighted by molar-refractivity contribution is 5.30. The average Bonchev–Trinajstić information content (AvgIpc) is 2.86. The number of fused-ring (bicyclic) bond motifs is 1. The molecule has 3 heteroatoms. The zero-order chi connectivity index (χ0) is 13.2. The summed E-state index contributed by atoms with van der Waals surface area (Å²) in [7, 11) is 4.11. The third kappa shape index (κ3) is 2.30. The molecule has 0 bridgehead atoms. The Bertz CT molecular complexity index is 559. The monoisotopic (exact) mass is 255 g/mol. The standard InChI is InChI=1S/C16H21N3/c1-17-15(16-18-9-10-19(16)2)14-8-7-12-5-3-4-6-13(12)11-14/h3-6,9-10,14-15,17H,7-8,11H2,1-2H3. The highest BCUT2D eigenvalue weighted by Crippen LogP contribution is 2.33. The number of hydrogen-bond donors (Lipinski definition) is 1. The fourth-order valence-electron chi connectivity index (χ4n) is 3.26. The van der Waals surface area contributed by atoms with Crippen LogP contribution in [0.2, 0.25) is 0 Å². The number of benzene rings is 1. The molecule has 0 radical (unpaired) electrons. The summed E-state index contributed by atoms with van der Waals surface area (Å²) in [6.45, 7) is 0. The second-order valence-corrected chi connectivity index (χ2v) is 5.43. The van der Waals surface area contributed by atoms with Crippen molar-refractivity contribution in [3.05, 3.63) is 53.6 Å². The Labute approximate surface area is 114 Å². The third-order valence-corrected chi connectivity index (χ3v) is 4.30. The summed E-state index contributed by atoms with van der Waals surface area (Å²) in [4.78, 5) is 4.52. The highest BCUT2D eigenvalue weighted by Gasteiger charge is 2.28. The maximum absolute atomic E-state index is 4.52. The Morgan fingerprint density at radius 2 is 2.11 bits per heavy atom. The van der Waals surface area contributed by atoms with Crippen LogP contribution in [-0.4, -0.2) is 16.6 Å². The van der Waals surface area contributed by atoms with Crippen molar-refractivity contribution in [2.24, 2.45) is 13.0 Å². The molecule has 19 heavy (non-hydrogen) atoms. The van der Waals surface area contributed by atoms with Gasteiger partial charge in [-0.25, -0.2) is 4.98 Å². The smallest absolute Gasteiger partial charge is 0.125 e. The van der Waals surface area contributed by atoms with Gasteiger partial charge in [0.2, 0.25) is 0 Å². The van der Waals surface area contributed by atoms with E-state index in [-0.39, 0.29) is 0 Å². The summed E-state index contributed by atoms with van der Waals surface area (Å²) in [6.07, 6.45) is 7.47. The van der Waals surface area contributed by atoms with E-state index in [2.05, 4.69) is 46.2 Å². The van der Waals surface area contributed by atoms with Gasteiger partial charge in [-0.05, 0) is 43.4 Å². The molecule has 1 heterocycles. The van der Waals surface area contributed by atoms with Crippen LogP contribution in [0, 0.1) is 5.92 Å². The summed E-state index contributed by atoms with van der Waals surface area (Å²) in [5, 5.41) is 3.46. The summed E-state index contributed by atoms with van der Waals surface area (Å²) < 4.78 is 2.13. The molecular formula is C16H21N3. The summed E-state index contributed by atoms with van der Waals surface area (Å²) in [5.41, 5.74) is 3.03. The molecular weight excluding hydrogens is 234 g/mol. The Morgan fingerprint density at radius 3 is 2.79 bits per heavy atom. The van der Waals surface area contributed by atoms with Crippen LogP contribution in [0.3, 0.4) is 0 Å². The third-order valence-electron chi connectivity index (χ3n) is 4.30. The van der Waals surface area contributed by atoms with Gasteiger partial charge in [-0.15, -0.1) is 0 Å². The van der Waals surface area contributed by atoms with Crippen LogP contribution in [0.25, 0.3) is 0 Å². The molecule has 1 aromatic heterocycles. The van der Waals surface area contributed by atoms with Gasteiger partial charge >= 0.3 is 0 Å². The highest BCUT2D eigenvalue weighted by atomic mass is 15.1. The normalized spacial score (nSPS) is 20.0. The van der Waals surface area contributed by atoms with Gasteiger partial charge in [-0.3, -0.25) is 0 Å². The van der Waals surface area contributed by atoms with E-state index in [0.717, 1.165) is 12.2 Å². The molecule has 100 valence electrons. The summed E-state index contributed by atoms with van der Waals surface area (Å²) in [5.74, 6) is 1.77. The molecule has 0 spiro atoms. The molecule has 1 aromatic carbocycles. The maximum Gasteiger partial charge on any atom is 0.125 e. The first-order valence-electron chi connectivity index (χ1n) is 7.01. The first-order chi connectivity index (χ1) is 9.29. The number of nitrogens with zero attached hydrogens (tertiary/aromatic N) is 2. The lowest BCUT2D eigenvalue weighted by molar-refractivity contribution is 0.325. The first-order valence-corrected chi connectivity index (χ1v) is 7.01. The van der Waals surface area contributed by atoms with E-state index >= 15 is 0 Å². The van der Waals surface area contributed by atoms with E-state index in [0.29, 0.717) is 12.0 Å².